The minimum atomic E-state index is -2.36. The quantitative estimate of drug-likeness (QED) is 0.618. The molecule has 0 saturated carbocycles. The monoisotopic (exact) mass is 315 g/mol. The first-order chi connectivity index (χ1) is 9.39. The topological polar surface area (TPSA) is 47.6 Å². The van der Waals surface area contributed by atoms with Crippen LogP contribution in [-0.2, 0) is 21.3 Å². The van der Waals surface area contributed by atoms with Gasteiger partial charge in [0.05, 0.1) is 6.61 Å². The number of rotatable bonds is 7. The van der Waals surface area contributed by atoms with Crippen molar-refractivity contribution in [1.82, 2.24) is 5.09 Å². The first kappa shape index (κ1) is 17.2. The van der Waals surface area contributed by atoms with E-state index in [1.165, 1.54) is 0 Å². The highest BCUT2D eigenvalue weighted by atomic mass is 32.4. The van der Waals surface area contributed by atoms with Crippen LogP contribution in [-0.4, -0.2) is 24.3 Å². The maximum Gasteiger partial charge on any atom is 0.323 e. The SMILES string of the molecule is CCOC(=O)[C@@H](C)NP(=S)(Oc1ccccc1)C(C)C. The number of benzene rings is 1. The molecule has 1 aromatic rings. The molecule has 1 unspecified atom stereocenters. The van der Waals surface area contributed by atoms with E-state index in [-0.39, 0.29) is 11.6 Å². The Kier molecular flexibility index (Phi) is 6.66. The van der Waals surface area contributed by atoms with Gasteiger partial charge in [0.2, 0.25) is 0 Å². The van der Waals surface area contributed by atoms with Crippen molar-refractivity contribution in [3.63, 3.8) is 0 Å². The fourth-order valence-corrected chi connectivity index (χ4v) is 3.88. The molecule has 0 heterocycles. The molecule has 1 aromatic carbocycles. The molecule has 0 radical (unpaired) electrons. The van der Waals surface area contributed by atoms with Gasteiger partial charge in [-0.3, -0.25) is 4.79 Å². The summed E-state index contributed by atoms with van der Waals surface area (Å²) in [5.41, 5.74) is 0.106. The third-order valence-electron chi connectivity index (χ3n) is 2.68. The average Bonchev–Trinajstić information content (AvgIpc) is 2.39. The summed E-state index contributed by atoms with van der Waals surface area (Å²) < 4.78 is 11.0. The second kappa shape index (κ2) is 7.77. The van der Waals surface area contributed by atoms with Crippen molar-refractivity contribution in [3.05, 3.63) is 30.3 Å². The van der Waals surface area contributed by atoms with Crippen LogP contribution in [0, 0.1) is 0 Å². The molecule has 0 bridgehead atoms. The summed E-state index contributed by atoms with van der Waals surface area (Å²) in [5.74, 6) is 0.409. The second-order valence-corrected chi connectivity index (χ2v) is 8.99. The molecule has 20 heavy (non-hydrogen) atoms. The predicted octanol–water partition coefficient (Wildman–Crippen LogP) is 3.32. The maximum atomic E-state index is 11.7. The number of hydrogen-bond acceptors (Lipinski definition) is 4. The van der Waals surface area contributed by atoms with Crippen LogP contribution in [0.15, 0.2) is 30.3 Å². The number of nitrogens with one attached hydrogen (secondary N) is 1. The van der Waals surface area contributed by atoms with E-state index >= 15 is 0 Å². The summed E-state index contributed by atoms with van der Waals surface area (Å²) in [6, 6.07) is 8.95. The van der Waals surface area contributed by atoms with Crippen molar-refractivity contribution >= 4 is 24.2 Å². The van der Waals surface area contributed by atoms with Gasteiger partial charge in [0.25, 0.3) is 0 Å². The Bertz CT molecular complexity index is 479. The van der Waals surface area contributed by atoms with Crippen molar-refractivity contribution in [2.24, 2.45) is 0 Å². The molecule has 0 spiro atoms. The zero-order valence-corrected chi connectivity index (χ0v) is 14.0. The molecule has 0 aliphatic rings. The largest absolute Gasteiger partial charge is 0.465 e. The fourth-order valence-electron chi connectivity index (χ4n) is 1.51. The van der Waals surface area contributed by atoms with E-state index < -0.39 is 12.5 Å². The van der Waals surface area contributed by atoms with E-state index in [0.717, 1.165) is 0 Å². The molecule has 112 valence electrons. The highest BCUT2D eigenvalue weighted by molar-refractivity contribution is 8.11. The second-order valence-electron chi connectivity index (χ2n) is 4.70. The van der Waals surface area contributed by atoms with E-state index in [0.29, 0.717) is 12.4 Å². The van der Waals surface area contributed by atoms with Gasteiger partial charge in [-0.15, -0.1) is 0 Å². The average molecular weight is 315 g/mol. The van der Waals surface area contributed by atoms with Crippen LogP contribution in [0.5, 0.6) is 5.75 Å². The van der Waals surface area contributed by atoms with E-state index in [1.807, 2.05) is 44.2 Å². The summed E-state index contributed by atoms with van der Waals surface area (Å²) in [6.07, 6.45) is -2.36. The minimum absolute atomic E-state index is 0.106. The summed E-state index contributed by atoms with van der Waals surface area (Å²) >= 11 is 5.66. The standard InChI is InChI=1S/C14H22NO3PS/c1-5-17-14(16)12(4)15-19(20,11(2)3)18-13-9-7-6-8-10-13/h6-12H,5H2,1-4H3,(H,15,20)/t12-,19?/m1/s1. The van der Waals surface area contributed by atoms with Gasteiger partial charge in [0.15, 0.2) is 6.42 Å². The summed E-state index contributed by atoms with van der Waals surface area (Å²) in [4.78, 5) is 11.7. The van der Waals surface area contributed by atoms with Crippen LogP contribution >= 0.6 is 6.42 Å². The van der Waals surface area contributed by atoms with E-state index in [2.05, 4.69) is 5.09 Å². The number of para-hydroxylation sites is 1. The van der Waals surface area contributed by atoms with Crippen molar-refractivity contribution in [2.45, 2.75) is 39.4 Å². The molecule has 0 fully saturated rings. The third-order valence-corrected chi connectivity index (χ3v) is 7.07. The zero-order chi connectivity index (χ0) is 15.2. The van der Waals surface area contributed by atoms with Gasteiger partial charge in [0.1, 0.15) is 11.8 Å². The lowest BCUT2D eigenvalue weighted by Gasteiger charge is -2.30. The van der Waals surface area contributed by atoms with Gasteiger partial charge >= 0.3 is 5.97 Å². The fraction of sp³-hybridized carbons (Fsp3) is 0.500. The zero-order valence-electron chi connectivity index (χ0n) is 12.3. The van der Waals surface area contributed by atoms with Crippen molar-refractivity contribution in [3.8, 4) is 5.75 Å². The van der Waals surface area contributed by atoms with Gasteiger partial charge in [-0.05, 0) is 37.8 Å². The van der Waals surface area contributed by atoms with Crippen LogP contribution in [0.25, 0.3) is 0 Å². The van der Waals surface area contributed by atoms with Gasteiger partial charge in [-0.1, -0.05) is 32.0 Å². The number of carbonyl (C=O) groups is 1. The molecule has 0 saturated heterocycles. The molecular formula is C14H22NO3PS. The normalized spacial score (nSPS) is 15.4. The van der Waals surface area contributed by atoms with E-state index in [4.69, 9.17) is 21.1 Å². The molecule has 0 aromatic heterocycles. The molecular weight excluding hydrogens is 293 g/mol. The lowest BCUT2D eigenvalue weighted by atomic mass is 10.3. The third kappa shape index (κ3) is 4.89. The van der Waals surface area contributed by atoms with Crippen LogP contribution < -0.4 is 9.61 Å². The van der Waals surface area contributed by atoms with Crippen molar-refractivity contribution < 1.29 is 14.1 Å². The van der Waals surface area contributed by atoms with Gasteiger partial charge in [-0.2, -0.15) is 0 Å². The first-order valence-corrected chi connectivity index (χ1v) is 9.46. The highest BCUT2D eigenvalue weighted by Crippen LogP contribution is 2.48. The highest BCUT2D eigenvalue weighted by Gasteiger charge is 2.29. The Labute approximate surface area is 126 Å². The predicted molar refractivity (Wildman–Crippen MR) is 85.7 cm³/mol. The molecule has 2 atom stereocenters. The van der Waals surface area contributed by atoms with Gasteiger partial charge in [0, 0.05) is 5.66 Å². The van der Waals surface area contributed by atoms with Crippen molar-refractivity contribution in [1.29, 1.82) is 0 Å². The summed E-state index contributed by atoms with van der Waals surface area (Å²) in [5, 5.41) is 3.16. The number of hydrogen-bond donors (Lipinski definition) is 1. The number of esters is 1. The smallest absolute Gasteiger partial charge is 0.323 e. The Morgan fingerprint density at radius 2 is 1.90 bits per heavy atom. The van der Waals surface area contributed by atoms with Crippen LogP contribution in [0.1, 0.15) is 27.7 Å². The number of carbonyl (C=O) groups excluding carboxylic acids is 1. The van der Waals surface area contributed by atoms with E-state index in [9.17, 15) is 4.79 Å². The Morgan fingerprint density at radius 1 is 1.30 bits per heavy atom. The molecule has 1 rings (SSSR count). The molecule has 0 aliphatic carbocycles. The van der Waals surface area contributed by atoms with Crippen molar-refractivity contribution in [2.75, 3.05) is 6.61 Å². The Balaban J connectivity index is 2.82. The maximum absolute atomic E-state index is 11.7. The minimum Gasteiger partial charge on any atom is -0.465 e. The summed E-state index contributed by atoms with van der Waals surface area (Å²) in [7, 11) is 0. The molecule has 0 aliphatic heterocycles. The van der Waals surface area contributed by atoms with Crippen LogP contribution in [0.4, 0.5) is 0 Å². The van der Waals surface area contributed by atoms with E-state index in [1.54, 1.807) is 13.8 Å². The van der Waals surface area contributed by atoms with Crippen LogP contribution in [0.3, 0.4) is 0 Å². The summed E-state index contributed by atoms with van der Waals surface area (Å²) in [6.45, 7) is 7.87. The Morgan fingerprint density at radius 3 is 2.40 bits per heavy atom. The molecule has 6 heteroatoms. The molecule has 4 nitrogen and oxygen atoms in total. The first-order valence-electron chi connectivity index (χ1n) is 6.68. The number of ether oxygens (including phenoxy) is 1. The molecule has 1 N–H and O–H groups in total. The lowest BCUT2D eigenvalue weighted by Crippen LogP contribution is -2.36. The van der Waals surface area contributed by atoms with Gasteiger partial charge < -0.3 is 9.26 Å². The van der Waals surface area contributed by atoms with Gasteiger partial charge in [-0.25, -0.2) is 5.09 Å². The Hall–Kier alpha value is -0.900. The molecule has 0 amide bonds. The van der Waals surface area contributed by atoms with Crippen LogP contribution in [0.2, 0.25) is 0 Å². The lowest BCUT2D eigenvalue weighted by molar-refractivity contribution is -0.144.